The van der Waals surface area contributed by atoms with Crippen LogP contribution in [0.25, 0.3) is 0 Å². The lowest BCUT2D eigenvalue weighted by atomic mass is 9.92. The van der Waals surface area contributed by atoms with Crippen molar-refractivity contribution in [3.63, 3.8) is 0 Å². The molecule has 7 heteroatoms. The first kappa shape index (κ1) is 50.7. The van der Waals surface area contributed by atoms with Crippen LogP contribution in [0.2, 0.25) is 0 Å². The van der Waals surface area contributed by atoms with Crippen LogP contribution in [0.15, 0.2) is 42.0 Å². The molecule has 2 aromatic carbocycles. The van der Waals surface area contributed by atoms with E-state index in [-0.39, 0.29) is 24.1 Å². The summed E-state index contributed by atoms with van der Waals surface area (Å²) < 4.78 is 24.0. The third kappa shape index (κ3) is 20.3. The number of esters is 2. The Balaban J connectivity index is 1.49. The van der Waals surface area contributed by atoms with Gasteiger partial charge in [0.15, 0.2) is 5.78 Å². The quantitative estimate of drug-likeness (QED) is 0.0300. The fourth-order valence-electron chi connectivity index (χ4n) is 8.12. The van der Waals surface area contributed by atoms with Gasteiger partial charge in [0.1, 0.15) is 34.7 Å². The van der Waals surface area contributed by atoms with Crippen molar-refractivity contribution in [1.29, 1.82) is 0 Å². The molecule has 1 atom stereocenters. The molecule has 0 unspecified atom stereocenters. The van der Waals surface area contributed by atoms with Gasteiger partial charge in [-0.05, 0) is 50.8 Å². The maximum Gasteiger partial charge on any atom is 0.311 e. The summed E-state index contributed by atoms with van der Waals surface area (Å²) in [5.74, 6) is 0.947. The van der Waals surface area contributed by atoms with Crippen molar-refractivity contribution < 1.29 is 33.3 Å². The summed E-state index contributed by atoms with van der Waals surface area (Å²) in [6.07, 6.45) is 35.3. The molecule has 1 heterocycles. The van der Waals surface area contributed by atoms with E-state index in [0.717, 1.165) is 49.7 Å². The zero-order valence-electron chi connectivity index (χ0n) is 38.6. The lowest BCUT2D eigenvalue weighted by molar-refractivity contribution is -0.135. The molecule has 0 spiro atoms. The van der Waals surface area contributed by atoms with E-state index in [0.29, 0.717) is 53.4 Å². The molecule has 0 saturated carbocycles. The molecule has 3 rings (SSSR count). The third-order valence-corrected chi connectivity index (χ3v) is 11.8. The van der Waals surface area contributed by atoms with Crippen LogP contribution in [-0.2, 0) is 16.0 Å². The van der Waals surface area contributed by atoms with Crippen LogP contribution in [0.5, 0.6) is 23.0 Å². The summed E-state index contributed by atoms with van der Waals surface area (Å²) in [6, 6.07) is 8.89. The normalized spacial score (nSPS) is 13.4. The molecule has 0 aromatic heterocycles. The van der Waals surface area contributed by atoms with Crippen molar-refractivity contribution in [3.8, 4) is 23.0 Å². The molecule has 0 amide bonds. The van der Waals surface area contributed by atoms with Crippen LogP contribution in [-0.4, -0.2) is 24.8 Å². The van der Waals surface area contributed by atoms with E-state index in [2.05, 4.69) is 13.8 Å². The Labute approximate surface area is 365 Å². The summed E-state index contributed by atoms with van der Waals surface area (Å²) in [6.45, 7) is 8.55. The topological polar surface area (TPSA) is 88.1 Å². The van der Waals surface area contributed by atoms with Crippen molar-refractivity contribution in [2.45, 2.75) is 226 Å². The maximum absolute atomic E-state index is 13.7. The van der Waals surface area contributed by atoms with Gasteiger partial charge >= 0.3 is 11.9 Å². The average Bonchev–Trinajstić information content (AvgIpc) is 3.23. The number of hydrogen-bond acceptors (Lipinski definition) is 7. The summed E-state index contributed by atoms with van der Waals surface area (Å²) in [4.78, 5) is 39.5. The van der Waals surface area contributed by atoms with Gasteiger partial charge in [0.25, 0.3) is 0 Å². The van der Waals surface area contributed by atoms with Gasteiger partial charge in [0.05, 0.1) is 13.5 Å². The minimum absolute atomic E-state index is 0.102. The lowest BCUT2D eigenvalue weighted by Gasteiger charge is -2.29. The van der Waals surface area contributed by atoms with Gasteiger partial charge in [0.2, 0.25) is 0 Å². The number of ketones is 1. The fraction of sp³-hybridized carbons (Fsp3) is 0.679. The highest BCUT2D eigenvalue weighted by molar-refractivity contribution is 6.03. The Morgan fingerprint density at radius 3 is 1.48 bits per heavy atom. The van der Waals surface area contributed by atoms with E-state index in [1.807, 2.05) is 32.1 Å². The van der Waals surface area contributed by atoms with Gasteiger partial charge < -0.3 is 18.9 Å². The van der Waals surface area contributed by atoms with E-state index >= 15 is 0 Å². The predicted molar refractivity (Wildman–Crippen MR) is 247 cm³/mol. The Bertz CT molecular complexity index is 1540. The monoisotopic (exact) mass is 831 g/mol. The molecule has 0 bridgehead atoms. The molecule has 0 saturated heterocycles. The van der Waals surface area contributed by atoms with E-state index < -0.39 is 6.10 Å². The van der Waals surface area contributed by atoms with Crippen LogP contribution < -0.4 is 18.9 Å². The zero-order valence-corrected chi connectivity index (χ0v) is 38.6. The fourth-order valence-corrected chi connectivity index (χ4v) is 8.12. The molecule has 336 valence electrons. The number of unbranched alkanes of at least 4 members (excludes halogenated alkanes) is 24. The summed E-state index contributed by atoms with van der Waals surface area (Å²) in [7, 11) is 1.52. The van der Waals surface area contributed by atoms with Crippen LogP contribution in [0.1, 0.15) is 241 Å². The second kappa shape index (κ2) is 31.3. The van der Waals surface area contributed by atoms with Crippen LogP contribution in [0, 0.1) is 0 Å². The number of carbonyl (C=O) groups is 3. The first-order valence-electron chi connectivity index (χ1n) is 24.4. The maximum atomic E-state index is 13.7. The number of rotatable bonds is 34. The minimum Gasteiger partial charge on any atom is -0.496 e. The van der Waals surface area contributed by atoms with E-state index in [4.69, 9.17) is 18.9 Å². The molecule has 60 heavy (non-hydrogen) atoms. The molecule has 1 aliphatic heterocycles. The van der Waals surface area contributed by atoms with Crippen molar-refractivity contribution in [1.82, 2.24) is 0 Å². The summed E-state index contributed by atoms with van der Waals surface area (Å²) in [5, 5.41) is 0. The molecule has 2 aromatic rings. The lowest BCUT2D eigenvalue weighted by Crippen LogP contribution is -2.23. The van der Waals surface area contributed by atoms with Crippen molar-refractivity contribution in [3.05, 3.63) is 58.7 Å². The average molecular weight is 831 g/mol. The Morgan fingerprint density at radius 1 is 0.617 bits per heavy atom. The first-order valence-corrected chi connectivity index (χ1v) is 24.4. The van der Waals surface area contributed by atoms with Crippen molar-refractivity contribution in [2.24, 2.45) is 0 Å². The first-order chi connectivity index (χ1) is 29.3. The zero-order chi connectivity index (χ0) is 43.2. The SMILES string of the molecule is CCCCCCCCCCCCCCCC(=O)Oc1ccc([C@@H]2CC(=O)c3c(OC)cc(OC(=O)CCCCCCCCCCCCCCC)c(CC=C(C)C)c3O2)cc1. The number of hydrogen-bond donors (Lipinski definition) is 0. The summed E-state index contributed by atoms with van der Waals surface area (Å²) >= 11 is 0. The highest BCUT2D eigenvalue weighted by Crippen LogP contribution is 2.46. The highest BCUT2D eigenvalue weighted by Gasteiger charge is 2.34. The number of allylic oxidation sites excluding steroid dienone is 2. The Morgan fingerprint density at radius 2 is 1.05 bits per heavy atom. The molecule has 0 N–H and O–H groups in total. The number of Topliss-reactive ketones (excluding diaryl/α,β-unsaturated/α-hetero) is 1. The second-order valence-electron chi connectivity index (χ2n) is 17.5. The number of benzene rings is 2. The Kier molecular flexibility index (Phi) is 26.4. The van der Waals surface area contributed by atoms with Gasteiger partial charge in [0, 0.05) is 24.5 Å². The van der Waals surface area contributed by atoms with Gasteiger partial charge in [-0.15, -0.1) is 0 Å². The standard InChI is InChI=1S/C53H82O7/c1-6-8-10-12-14-16-18-20-22-24-26-28-30-32-50(55)58-44-37-35-43(36-38-44)47-40-46(54)52-49(57-5)41-48(45(53(52)60-47)39-34-42(3)4)59-51(56)33-31-29-27-25-23-21-19-17-15-13-11-9-7-2/h34-38,41,47H,6-33,39-40H2,1-5H3/t47-/m0/s1. The summed E-state index contributed by atoms with van der Waals surface area (Å²) in [5.41, 5.74) is 2.92. The highest BCUT2D eigenvalue weighted by atomic mass is 16.5. The second-order valence-corrected chi connectivity index (χ2v) is 17.5. The van der Waals surface area contributed by atoms with Crippen molar-refractivity contribution in [2.75, 3.05) is 7.11 Å². The smallest absolute Gasteiger partial charge is 0.311 e. The van der Waals surface area contributed by atoms with Gasteiger partial charge in [-0.3, -0.25) is 14.4 Å². The van der Waals surface area contributed by atoms with Crippen LogP contribution >= 0.6 is 0 Å². The molecule has 1 aliphatic rings. The molecular formula is C53H82O7. The van der Waals surface area contributed by atoms with Crippen LogP contribution in [0.4, 0.5) is 0 Å². The van der Waals surface area contributed by atoms with Gasteiger partial charge in [-0.1, -0.05) is 192 Å². The van der Waals surface area contributed by atoms with Gasteiger partial charge in [-0.2, -0.15) is 0 Å². The van der Waals surface area contributed by atoms with E-state index in [9.17, 15) is 14.4 Å². The van der Waals surface area contributed by atoms with Gasteiger partial charge in [-0.25, -0.2) is 0 Å². The molecular weight excluding hydrogens is 749 g/mol. The Hall–Kier alpha value is -3.61. The van der Waals surface area contributed by atoms with E-state index in [1.165, 1.54) is 136 Å². The molecule has 0 radical (unpaired) electrons. The predicted octanol–water partition coefficient (Wildman–Crippen LogP) is 15.7. The molecule has 0 fully saturated rings. The van der Waals surface area contributed by atoms with Crippen LogP contribution in [0.3, 0.4) is 0 Å². The number of ether oxygens (including phenoxy) is 4. The molecule has 0 aliphatic carbocycles. The molecule has 7 nitrogen and oxygen atoms in total. The van der Waals surface area contributed by atoms with Crippen molar-refractivity contribution >= 4 is 17.7 Å². The third-order valence-electron chi connectivity index (χ3n) is 11.8. The number of methoxy groups -OCH3 is 1. The van der Waals surface area contributed by atoms with E-state index in [1.54, 1.807) is 18.2 Å². The largest absolute Gasteiger partial charge is 0.496 e. The minimum atomic E-state index is -0.563. The number of carbonyl (C=O) groups excluding carboxylic acids is 3. The number of fused-ring (bicyclic) bond motifs is 1.